The van der Waals surface area contributed by atoms with Gasteiger partial charge in [0.1, 0.15) is 5.60 Å². The molecule has 1 heterocycles. The Kier molecular flexibility index (Phi) is 4.03. The summed E-state index contributed by atoms with van der Waals surface area (Å²) >= 11 is 0. The Bertz CT molecular complexity index is 295. The summed E-state index contributed by atoms with van der Waals surface area (Å²) < 4.78 is 5.69. The van der Waals surface area contributed by atoms with Gasteiger partial charge in [-0.25, -0.2) is 0 Å². The van der Waals surface area contributed by atoms with Gasteiger partial charge < -0.3 is 10.1 Å². The van der Waals surface area contributed by atoms with Crippen LogP contribution < -0.4 is 10.1 Å². The van der Waals surface area contributed by atoms with Crippen molar-refractivity contribution in [2.45, 2.75) is 39.3 Å². The molecule has 15 heavy (non-hydrogen) atoms. The van der Waals surface area contributed by atoms with Crippen molar-refractivity contribution in [3.8, 4) is 5.88 Å². The first-order valence-corrected chi connectivity index (χ1v) is 5.23. The maximum absolute atomic E-state index is 5.69. The van der Waals surface area contributed by atoms with Crippen LogP contribution in [0.25, 0.3) is 0 Å². The molecule has 1 rings (SSSR count). The van der Waals surface area contributed by atoms with Crippen LogP contribution in [0.4, 0.5) is 0 Å². The molecule has 84 valence electrons. The number of ether oxygens (including phenoxy) is 1. The molecule has 0 saturated carbocycles. The van der Waals surface area contributed by atoms with Crippen molar-refractivity contribution in [1.82, 2.24) is 15.5 Å². The SMILES string of the molecule is CCC(C)(C)Oc1ccc(CNC)nn1. The van der Waals surface area contributed by atoms with Gasteiger partial charge in [0.2, 0.25) is 5.88 Å². The van der Waals surface area contributed by atoms with Crippen LogP contribution in [-0.2, 0) is 6.54 Å². The molecule has 0 atom stereocenters. The van der Waals surface area contributed by atoms with Gasteiger partial charge in [-0.2, -0.15) is 5.10 Å². The van der Waals surface area contributed by atoms with Gasteiger partial charge in [0.25, 0.3) is 0 Å². The lowest BCUT2D eigenvalue weighted by Gasteiger charge is -2.23. The Hall–Kier alpha value is -1.16. The number of nitrogens with zero attached hydrogens (tertiary/aromatic N) is 2. The highest BCUT2D eigenvalue weighted by molar-refractivity contribution is 5.12. The van der Waals surface area contributed by atoms with E-state index in [1.165, 1.54) is 0 Å². The van der Waals surface area contributed by atoms with Gasteiger partial charge in [-0.1, -0.05) is 6.92 Å². The minimum Gasteiger partial charge on any atom is -0.471 e. The van der Waals surface area contributed by atoms with Crippen LogP contribution in [0.2, 0.25) is 0 Å². The van der Waals surface area contributed by atoms with E-state index in [1.807, 2.05) is 33.0 Å². The third-order valence-electron chi connectivity index (χ3n) is 2.29. The van der Waals surface area contributed by atoms with E-state index in [9.17, 15) is 0 Å². The predicted molar refractivity (Wildman–Crippen MR) is 59.8 cm³/mol. The largest absolute Gasteiger partial charge is 0.471 e. The van der Waals surface area contributed by atoms with Crippen molar-refractivity contribution < 1.29 is 4.74 Å². The maximum atomic E-state index is 5.69. The molecule has 0 aliphatic carbocycles. The van der Waals surface area contributed by atoms with Crippen molar-refractivity contribution in [1.29, 1.82) is 0 Å². The number of hydrogen-bond donors (Lipinski definition) is 1. The molecule has 0 spiro atoms. The Morgan fingerprint density at radius 3 is 2.53 bits per heavy atom. The number of rotatable bonds is 5. The molecule has 0 aliphatic rings. The second-order valence-corrected chi connectivity index (χ2v) is 4.11. The molecule has 1 aromatic rings. The Morgan fingerprint density at radius 1 is 1.33 bits per heavy atom. The molecule has 1 aromatic heterocycles. The first-order valence-electron chi connectivity index (χ1n) is 5.23. The van der Waals surface area contributed by atoms with Crippen LogP contribution in [0.15, 0.2) is 12.1 Å². The molecule has 0 bridgehead atoms. The Labute approximate surface area is 91.1 Å². The number of nitrogens with one attached hydrogen (secondary N) is 1. The van der Waals surface area contributed by atoms with Gasteiger partial charge in [0.05, 0.1) is 5.69 Å². The smallest absolute Gasteiger partial charge is 0.233 e. The maximum Gasteiger partial charge on any atom is 0.233 e. The summed E-state index contributed by atoms with van der Waals surface area (Å²) in [6, 6.07) is 3.78. The quantitative estimate of drug-likeness (QED) is 0.802. The molecule has 0 aromatic carbocycles. The van der Waals surface area contributed by atoms with Crippen LogP contribution in [0.3, 0.4) is 0 Å². The normalized spacial score (nSPS) is 11.5. The van der Waals surface area contributed by atoms with E-state index in [4.69, 9.17) is 4.74 Å². The lowest BCUT2D eigenvalue weighted by molar-refractivity contribution is 0.0975. The van der Waals surface area contributed by atoms with E-state index in [2.05, 4.69) is 22.4 Å². The van der Waals surface area contributed by atoms with Crippen molar-refractivity contribution in [3.05, 3.63) is 17.8 Å². The summed E-state index contributed by atoms with van der Waals surface area (Å²) in [6.45, 7) is 6.89. The fourth-order valence-electron chi connectivity index (χ4n) is 1.03. The fourth-order valence-corrected chi connectivity index (χ4v) is 1.03. The lowest BCUT2D eigenvalue weighted by Crippen LogP contribution is -2.27. The second kappa shape index (κ2) is 5.07. The minimum atomic E-state index is -0.181. The Balaban J connectivity index is 2.64. The zero-order valence-electron chi connectivity index (χ0n) is 9.87. The summed E-state index contributed by atoms with van der Waals surface area (Å²) in [6.07, 6.45) is 0.937. The van der Waals surface area contributed by atoms with E-state index in [1.54, 1.807) is 0 Å². The van der Waals surface area contributed by atoms with Gasteiger partial charge in [0.15, 0.2) is 0 Å². The van der Waals surface area contributed by atoms with Crippen molar-refractivity contribution in [2.75, 3.05) is 7.05 Å². The van der Waals surface area contributed by atoms with Crippen molar-refractivity contribution >= 4 is 0 Å². The monoisotopic (exact) mass is 209 g/mol. The zero-order chi connectivity index (χ0) is 11.3. The third-order valence-corrected chi connectivity index (χ3v) is 2.29. The van der Waals surface area contributed by atoms with Gasteiger partial charge in [-0.05, 0) is 33.4 Å². The molecule has 0 saturated heterocycles. The molecule has 0 fully saturated rings. The van der Waals surface area contributed by atoms with Crippen LogP contribution >= 0.6 is 0 Å². The van der Waals surface area contributed by atoms with Gasteiger partial charge in [0, 0.05) is 12.6 Å². The highest BCUT2D eigenvalue weighted by Crippen LogP contribution is 2.17. The topological polar surface area (TPSA) is 47.0 Å². The summed E-state index contributed by atoms with van der Waals surface area (Å²) in [7, 11) is 1.88. The van der Waals surface area contributed by atoms with Crippen LogP contribution in [0.5, 0.6) is 5.88 Å². The summed E-state index contributed by atoms with van der Waals surface area (Å²) in [5.74, 6) is 0.585. The van der Waals surface area contributed by atoms with Crippen LogP contribution in [-0.4, -0.2) is 22.8 Å². The first-order chi connectivity index (χ1) is 7.07. The third kappa shape index (κ3) is 3.83. The van der Waals surface area contributed by atoms with Gasteiger partial charge in [-0.3, -0.25) is 0 Å². The summed E-state index contributed by atoms with van der Waals surface area (Å²) in [5.41, 5.74) is 0.735. The molecule has 0 radical (unpaired) electrons. The average Bonchev–Trinajstić information content (AvgIpc) is 2.21. The van der Waals surface area contributed by atoms with E-state index in [0.29, 0.717) is 5.88 Å². The van der Waals surface area contributed by atoms with E-state index in [-0.39, 0.29) is 5.60 Å². The summed E-state index contributed by atoms with van der Waals surface area (Å²) in [4.78, 5) is 0. The molecule has 0 unspecified atom stereocenters. The molecular weight excluding hydrogens is 190 g/mol. The molecule has 4 heteroatoms. The highest BCUT2D eigenvalue weighted by Gasteiger charge is 2.17. The average molecular weight is 209 g/mol. The second-order valence-electron chi connectivity index (χ2n) is 4.11. The summed E-state index contributed by atoms with van der Waals surface area (Å²) in [5, 5.41) is 11.1. The molecule has 0 amide bonds. The predicted octanol–water partition coefficient (Wildman–Crippen LogP) is 1.76. The zero-order valence-corrected chi connectivity index (χ0v) is 9.87. The first kappa shape index (κ1) is 11.9. The molecule has 1 N–H and O–H groups in total. The molecular formula is C11H19N3O. The highest BCUT2D eigenvalue weighted by atomic mass is 16.5. The van der Waals surface area contributed by atoms with Crippen molar-refractivity contribution in [3.63, 3.8) is 0 Å². The Morgan fingerprint density at radius 2 is 2.07 bits per heavy atom. The van der Waals surface area contributed by atoms with E-state index < -0.39 is 0 Å². The van der Waals surface area contributed by atoms with Crippen LogP contribution in [0, 0.1) is 0 Å². The minimum absolute atomic E-state index is 0.181. The van der Waals surface area contributed by atoms with E-state index in [0.717, 1.165) is 18.7 Å². The fraction of sp³-hybridized carbons (Fsp3) is 0.636. The lowest BCUT2D eigenvalue weighted by atomic mass is 10.1. The molecule has 4 nitrogen and oxygen atoms in total. The number of aromatic nitrogens is 2. The van der Waals surface area contributed by atoms with Crippen molar-refractivity contribution in [2.24, 2.45) is 0 Å². The number of hydrogen-bond acceptors (Lipinski definition) is 4. The van der Waals surface area contributed by atoms with E-state index >= 15 is 0 Å². The standard InChI is InChI=1S/C11H19N3O/c1-5-11(2,3)15-10-7-6-9(8-12-4)13-14-10/h6-7,12H,5,8H2,1-4H3. The van der Waals surface area contributed by atoms with Gasteiger partial charge in [-0.15, -0.1) is 5.10 Å². The molecule has 0 aliphatic heterocycles. The van der Waals surface area contributed by atoms with Crippen LogP contribution in [0.1, 0.15) is 32.9 Å². The van der Waals surface area contributed by atoms with Gasteiger partial charge >= 0.3 is 0 Å².